The van der Waals surface area contributed by atoms with Crippen LogP contribution in [-0.4, -0.2) is 23.4 Å². The molecule has 2 N–H and O–H groups in total. The zero-order valence-electron chi connectivity index (χ0n) is 21.5. The Bertz CT molecular complexity index is 1350. The van der Waals surface area contributed by atoms with E-state index in [1.807, 2.05) is 12.1 Å². The average Bonchev–Trinajstić information content (AvgIpc) is 3.21. The van der Waals surface area contributed by atoms with Crippen molar-refractivity contribution in [2.24, 2.45) is 0 Å². The van der Waals surface area contributed by atoms with Crippen molar-refractivity contribution < 1.29 is 14.9 Å². The Morgan fingerprint density at radius 1 is 0.763 bits per heavy atom. The Morgan fingerprint density at radius 3 is 1.84 bits per heavy atom. The first-order valence-electron chi connectivity index (χ1n) is 13.2. The summed E-state index contributed by atoms with van der Waals surface area (Å²) in [5.41, 5.74) is 7.50. The number of halogens is 2. The van der Waals surface area contributed by atoms with Gasteiger partial charge in [0.05, 0.1) is 18.1 Å². The second kappa shape index (κ2) is 11.7. The predicted octanol–water partition coefficient (Wildman–Crippen LogP) is 8.56. The smallest absolute Gasteiger partial charge is 0.119 e. The molecule has 1 unspecified atom stereocenters. The van der Waals surface area contributed by atoms with Crippen molar-refractivity contribution in [3.05, 3.63) is 122 Å². The van der Waals surface area contributed by atoms with Gasteiger partial charge in [-0.15, -0.1) is 0 Å². The van der Waals surface area contributed by atoms with Crippen LogP contribution in [0.3, 0.4) is 0 Å². The zero-order valence-corrected chi connectivity index (χ0v) is 24.6. The van der Waals surface area contributed by atoms with Crippen LogP contribution in [0.1, 0.15) is 66.5 Å². The van der Waals surface area contributed by atoms with Crippen LogP contribution in [0.25, 0.3) is 11.1 Å². The van der Waals surface area contributed by atoms with E-state index in [-0.39, 0.29) is 13.2 Å². The molecule has 38 heavy (non-hydrogen) atoms. The summed E-state index contributed by atoms with van der Waals surface area (Å²) in [6, 6.07) is 29.8. The molecule has 1 aliphatic carbocycles. The van der Waals surface area contributed by atoms with Crippen LogP contribution in [0.15, 0.2) is 93.9 Å². The molecule has 0 fully saturated rings. The molecule has 3 nitrogen and oxygen atoms in total. The first-order valence-corrected chi connectivity index (χ1v) is 14.8. The summed E-state index contributed by atoms with van der Waals surface area (Å²) in [5, 5.41) is 20.0. The SMILES string of the molecule is CCCCCC(O)c1ccc(C2(c3ccc(OCCO)cc3)c3cc(Br)ccc3-c3ccc(Br)cc32)cc1. The van der Waals surface area contributed by atoms with Gasteiger partial charge in [-0.2, -0.15) is 0 Å². The van der Waals surface area contributed by atoms with E-state index in [0.29, 0.717) is 0 Å². The van der Waals surface area contributed by atoms with E-state index in [4.69, 9.17) is 4.74 Å². The van der Waals surface area contributed by atoms with E-state index in [0.717, 1.165) is 57.1 Å². The minimum Gasteiger partial charge on any atom is -0.491 e. The van der Waals surface area contributed by atoms with Crippen molar-refractivity contribution in [1.82, 2.24) is 0 Å². The summed E-state index contributed by atoms with van der Waals surface area (Å²) in [5.74, 6) is 0.727. The Hall–Kier alpha value is -2.44. The third kappa shape index (κ3) is 4.98. The highest BCUT2D eigenvalue weighted by atomic mass is 79.9. The van der Waals surface area contributed by atoms with Crippen LogP contribution in [0, 0.1) is 0 Å². The summed E-state index contributed by atoms with van der Waals surface area (Å²) in [4.78, 5) is 0. The monoisotopic (exact) mass is 634 g/mol. The molecule has 0 aromatic heterocycles. The molecule has 0 heterocycles. The number of fused-ring (bicyclic) bond motifs is 3. The largest absolute Gasteiger partial charge is 0.491 e. The number of rotatable bonds is 10. The lowest BCUT2D eigenvalue weighted by molar-refractivity contribution is 0.163. The van der Waals surface area contributed by atoms with Gasteiger partial charge in [-0.3, -0.25) is 0 Å². The standard InChI is InChI=1S/C33H32Br2O3/c1-2-3-4-5-32(37)22-6-8-23(9-7-22)33(24-10-14-27(15-11-24)38-19-18-36)30-20-25(34)12-16-28(30)29-17-13-26(35)21-31(29)33/h6-17,20-21,32,36-37H,2-5,18-19H2,1H3. The minimum absolute atomic E-state index is 0.0227. The highest BCUT2D eigenvalue weighted by Gasteiger charge is 2.46. The number of hydrogen-bond acceptors (Lipinski definition) is 3. The number of aliphatic hydroxyl groups is 2. The zero-order chi connectivity index (χ0) is 26.7. The molecule has 4 aromatic carbocycles. The van der Waals surface area contributed by atoms with Gasteiger partial charge >= 0.3 is 0 Å². The molecule has 0 saturated carbocycles. The first kappa shape index (κ1) is 27.1. The Morgan fingerprint density at radius 2 is 1.32 bits per heavy atom. The molecule has 1 aliphatic rings. The Labute approximate surface area is 241 Å². The van der Waals surface area contributed by atoms with Gasteiger partial charge in [0.2, 0.25) is 0 Å². The van der Waals surface area contributed by atoms with Crippen LogP contribution >= 0.6 is 31.9 Å². The number of unbranched alkanes of at least 4 members (excludes halogenated alkanes) is 2. The molecular weight excluding hydrogens is 604 g/mol. The first-order chi connectivity index (χ1) is 18.5. The molecule has 0 bridgehead atoms. The van der Waals surface area contributed by atoms with Crippen LogP contribution < -0.4 is 4.74 Å². The lowest BCUT2D eigenvalue weighted by Gasteiger charge is -2.34. The molecule has 0 spiro atoms. The number of ether oxygens (including phenoxy) is 1. The summed E-state index contributed by atoms with van der Waals surface area (Å²) >= 11 is 7.47. The maximum absolute atomic E-state index is 10.8. The maximum Gasteiger partial charge on any atom is 0.119 e. The second-order valence-electron chi connectivity index (χ2n) is 9.86. The predicted molar refractivity (Wildman–Crippen MR) is 161 cm³/mol. The van der Waals surface area contributed by atoms with Gasteiger partial charge in [0.25, 0.3) is 0 Å². The van der Waals surface area contributed by atoms with Gasteiger partial charge in [0.1, 0.15) is 12.4 Å². The summed E-state index contributed by atoms with van der Waals surface area (Å²) < 4.78 is 7.73. The number of benzene rings is 4. The van der Waals surface area contributed by atoms with Gasteiger partial charge in [0, 0.05) is 8.95 Å². The highest BCUT2D eigenvalue weighted by molar-refractivity contribution is 9.10. The molecule has 0 amide bonds. The van der Waals surface area contributed by atoms with Crippen LogP contribution in [0.2, 0.25) is 0 Å². The van der Waals surface area contributed by atoms with Gasteiger partial charge in [-0.1, -0.05) is 107 Å². The molecule has 5 rings (SSSR count). The van der Waals surface area contributed by atoms with E-state index in [1.54, 1.807) is 0 Å². The van der Waals surface area contributed by atoms with Crippen molar-refractivity contribution in [1.29, 1.82) is 0 Å². The summed E-state index contributed by atoms with van der Waals surface area (Å²) in [6.45, 7) is 2.42. The Balaban J connectivity index is 1.70. The third-order valence-corrected chi connectivity index (χ3v) is 8.50. The third-order valence-electron chi connectivity index (χ3n) is 7.52. The van der Waals surface area contributed by atoms with Gasteiger partial charge in [-0.05, 0) is 81.8 Å². The summed E-state index contributed by atoms with van der Waals surface area (Å²) in [6.07, 6.45) is 3.62. The summed E-state index contributed by atoms with van der Waals surface area (Å²) in [7, 11) is 0. The van der Waals surface area contributed by atoms with Crippen LogP contribution in [-0.2, 0) is 5.41 Å². The van der Waals surface area contributed by atoms with Gasteiger partial charge < -0.3 is 14.9 Å². The fraction of sp³-hybridized carbons (Fsp3) is 0.273. The van der Waals surface area contributed by atoms with Crippen molar-refractivity contribution in [2.75, 3.05) is 13.2 Å². The maximum atomic E-state index is 10.8. The van der Waals surface area contributed by atoms with E-state index < -0.39 is 11.5 Å². The highest BCUT2D eigenvalue weighted by Crippen LogP contribution is 2.57. The second-order valence-corrected chi connectivity index (χ2v) is 11.7. The Kier molecular flexibility index (Phi) is 8.39. The van der Waals surface area contributed by atoms with Crippen molar-refractivity contribution in [3.63, 3.8) is 0 Å². The fourth-order valence-corrected chi connectivity index (χ4v) is 6.45. The number of aliphatic hydroxyl groups excluding tert-OH is 2. The quantitative estimate of drug-likeness (QED) is 0.151. The topological polar surface area (TPSA) is 49.7 Å². The van der Waals surface area contributed by atoms with E-state index in [9.17, 15) is 10.2 Å². The van der Waals surface area contributed by atoms with Crippen LogP contribution in [0.4, 0.5) is 0 Å². The fourth-order valence-electron chi connectivity index (χ4n) is 5.73. The molecule has 5 heteroatoms. The van der Waals surface area contributed by atoms with Gasteiger partial charge in [-0.25, -0.2) is 0 Å². The van der Waals surface area contributed by atoms with Crippen molar-refractivity contribution in [3.8, 4) is 16.9 Å². The van der Waals surface area contributed by atoms with Crippen molar-refractivity contribution in [2.45, 2.75) is 44.1 Å². The molecular formula is C33H32Br2O3. The number of hydrogen-bond donors (Lipinski definition) is 2. The van der Waals surface area contributed by atoms with Crippen LogP contribution in [0.5, 0.6) is 5.75 Å². The molecule has 0 saturated heterocycles. The molecule has 0 aliphatic heterocycles. The normalized spacial score (nSPS) is 14.1. The molecule has 0 radical (unpaired) electrons. The minimum atomic E-state index is -0.556. The van der Waals surface area contributed by atoms with E-state index in [2.05, 4.69) is 112 Å². The average molecular weight is 636 g/mol. The molecule has 4 aromatic rings. The van der Waals surface area contributed by atoms with E-state index >= 15 is 0 Å². The molecule has 1 atom stereocenters. The lowest BCUT2D eigenvalue weighted by Crippen LogP contribution is -2.28. The van der Waals surface area contributed by atoms with Gasteiger partial charge in [0.15, 0.2) is 0 Å². The van der Waals surface area contributed by atoms with E-state index in [1.165, 1.54) is 22.3 Å². The molecule has 196 valence electrons. The lowest BCUT2D eigenvalue weighted by atomic mass is 9.67. The van der Waals surface area contributed by atoms with Crippen molar-refractivity contribution >= 4 is 31.9 Å².